The summed E-state index contributed by atoms with van der Waals surface area (Å²) in [6.45, 7) is 6.08. The third kappa shape index (κ3) is 5.15. The molecule has 6 rings (SSSR count). The fourth-order valence-electron chi connectivity index (χ4n) is 6.38. The van der Waals surface area contributed by atoms with E-state index in [0.717, 1.165) is 71.6 Å². The van der Waals surface area contributed by atoms with Gasteiger partial charge in [-0.25, -0.2) is 4.39 Å². The summed E-state index contributed by atoms with van der Waals surface area (Å²) in [5, 5.41) is 0. The maximum atomic E-state index is 15.3. The first-order valence-corrected chi connectivity index (χ1v) is 14.1. The van der Waals surface area contributed by atoms with Gasteiger partial charge in [-0.15, -0.1) is 0 Å². The van der Waals surface area contributed by atoms with Crippen molar-refractivity contribution in [2.24, 2.45) is 0 Å². The van der Waals surface area contributed by atoms with Gasteiger partial charge in [0.15, 0.2) is 0 Å². The van der Waals surface area contributed by atoms with Crippen LogP contribution < -0.4 is 14.2 Å². The molecule has 1 saturated heterocycles. The van der Waals surface area contributed by atoms with Gasteiger partial charge in [-0.2, -0.15) is 0 Å². The second kappa shape index (κ2) is 11.1. The molecule has 3 aromatic carbocycles. The molecule has 0 bridgehead atoms. The van der Waals surface area contributed by atoms with E-state index in [1.807, 2.05) is 24.3 Å². The number of ether oxygens (including phenoxy) is 5. The van der Waals surface area contributed by atoms with E-state index in [0.29, 0.717) is 30.1 Å². The monoisotopic (exact) mass is 546 g/mol. The van der Waals surface area contributed by atoms with Crippen molar-refractivity contribution in [3.05, 3.63) is 76.1 Å². The largest absolute Gasteiger partial charge is 0.492 e. The van der Waals surface area contributed by atoms with E-state index >= 15 is 4.39 Å². The molecule has 2 heterocycles. The van der Waals surface area contributed by atoms with Crippen molar-refractivity contribution in [3.8, 4) is 28.4 Å². The van der Waals surface area contributed by atoms with Crippen LogP contribution in [0.1, 0.15) is 65.5 Å². The van der Waals surface area contributed by atoms with Crippen LogP contribution in [0.25, 0.3) is 11.1 Å². The maximum absolute atomic E-state index is 15.3. The van der Waals surface area contributed by atoms with Crippen LogP contribution in [0.3, 0.4) is 0 Å². The van der Waals surface area contributed by atoms with Crippen molar-refractivity contribution < 1.29 is 32.9 Å². The molecule has 0 spiro atoms. The van der Waals surface area contributed by atoms with E-state index < -0.39 is 6.10 Å². The van der Waals surface area contributed by atoms with E-state index in [1.165, 1.54) is 7.11 Å². The minimum atomic E-state index is -0.392. The molecule has 3 aliphatic rings. The molecule has 1 aliphatic carbocycles. The lowest BCUT2D eigenvalue weighted by Gasteiger charge is -2.24. The Kier molecular flexibility index (Phi) is 7.41. The van der Waals surface area contributed by atoms with E-state index in [2.05, 4.69) is 26.0 Å². The van der Waals surface area contributed by atoms with Gasteiger partial charge in [-0.1, -0.05) is 12.1 Å². The van der Waals surface area contributed by atoms with Crippen LogP contribution in [0.2, 0.25) is 0 Å². The molecule has 0 N–H and O–H groups in total. The van der Waals surface area contributed by atoms with Crippen LogP contribution in [0.5, 0.6) is 17.2 Å². The molecule has 2 atom stereocenters. The second-order valence-corrected chi connectivity index (χ2v) is 11.0. The summed E-state index contributed by atoms with van der Waals surface area (Å²) < 4.78 is 44.1. The third-order valence-corrected chi connectivity index (χ3v) is 8.31. The van der Waals surface area contributed by atoms with Crippen molar-refractivity contribution in [3.63, 3.8) is 0 Å². The molecule has 40 heavy (non-hydrogen) atoms. The van der Waals surface area contributed by atoms with Gasteiger partial charge in [0.1, 0.15) is 35.3 Å². The minimum Gasteiger partial charge on any atom is -0.492 e. The normalized spacial score (nSPS) is 20.0. The quantitative estimate of drug-likeness (QED) is 0.305. The highest BCUT2D eigenvalue weighted by atomic mass is 19.1. The SMILES string of the molecule is COC(=O)C[C@@H]1COc2cc(O[C@@H]3CCc4c(-c5c(C)cc(OC6CCOCC6)cc5C)ccc(F)c43)ccc21. The molecule has 2 aliphatic heterocycles. The van der Waals surface area contributed by atoms with Crippen molar-refractivity contribution in [1.29, 1.82) is 0 Å². The number of esters is 1. The number of carbonyl (C=O) groups is 1. The Labute approximate surface area is 234 Å². The number of benzene rings is 3. The Hall–Kier alpha value is -3.58. The van der Waals surface area contributed by atoms with Gasteiger partial charge < -0.3 is 23.7 Å². The summed E-state index contributed by atoms with van der Waals surface area (Å²) >= 11 is 0. The lowest BCUT2D eigenvalue weighted by atomic mass is 9.90. The number of rotatable bonds is 7. The number of aryl methyl sites for hydroxylation is 2. The summed E-state index contributed by atoms with van der Waals surface area (Å²) in [5.74, 6) is 1.66. The number of fused-ring (bicyclic) bond motifs is 2. The van der Waals surface area contributed by atoms with Crippen LogP contribution in [-0.4, -0.2) is 39.0 Å². The maximum Gasteiger partial charge on any atom is 0.306 e. The second-order valence-electron chi connectivity index (χ2n) is 11.0. The highest BCUT2D eigenvalue weighted by molar-refractivity contribution is 5.76. The van der Waals surface area contributed by atoms with Gasteiger partial charge in [0.05, 0.1) is 33.4 Å². The predicted octanol–water partition coefficient (Wildman–Crippen LogP) is 6.77. The first-order chi connectivity index (χ1) is 19.4. The molecule has 3 aromatic rings. The lowest BCUT2D eigenvalue weighted by molar-refractivity contribution is -0.141. The number of methoxy groups -OCH3 is 1. The zero-order chi connectivity index (χ0) is 27.8. The van der Waals surface area contributed by atoms with Crippen LogP contribution in [0, 0.1) is 19.7 Å². The van der Waals surface area contributed by atoms with Crippen molar-refractivity contribution in [2.45, 2.75) is 64.1 Å². The first-order valence-electron chi connectivity index (χ1n) is 14.1. The van der Waals surface area contributed by atoms with Crippen LogP contribution >= 0.6 is 0 Å². The lowest BCUT2D eigenvalue weighted by Crippen LogP contribution is -2.25. The Balaban J connectivity index is 1.24. The van der Waals surface area contributed by atoms with E-state index in [9.17, 15) is 4.79 Å². The molecule has 0 amide bonds. The highest BCUT2D eigenvalue weighted by Crippen LogP contribution is 2.45. The Bertz CT molecular complexity index is 1400. The average Bonchev–Trinajstić information content (AvgIpc) is 3.54. The summed E-state index contributed by atoms with van der Waals surface area (Å²) in [4.78, 5) is 11.7. The number of hydrogen-bond donors (Lipinski definition) is 0. The first kappa shape index (κ1) is 26.6. The molecule has 0 saturated carbocycles. The van der Waals surface area contributed by atoms with E-state index in [-0.39, 0.29) is 30.2 Å². The molecule has 0 aromatic heterocycles. The smallest absolute Gasteiger partial charge is 0.306 e. The zero-order valence-corrected chi connectivity index (χ0v) is 23.3. The van der Waals surface area contributed by atoms with Gasteiger partial charge in [-0.05, 0) is 78.8 Å². The molecule has 0 unspecified atom stereocenters. The van der Waals surface area contributed by atoms with Gasteiger partial charge in [-0.3, -0.25) is 4.79 Å². The Morgan fingerprint density at radius 3 is 2.50 bits per heavy atom. The molecule has 210 valence electrons. The molecular formula is C33H35FO6. The van der Waals surface area contributed by atoms with Gasteiger partial charge >= 0.3 is 5.97 Å². The fraction of sp³-hybridized carbons (Fsp3) is 0.424. The standard InChI is InChI=1S/C33H35FO6/c1-19-14-24(39-22-10-12-37-13-11-22)15-20(2)32(19)26-6-8-28(34)33-27(26)7-9-29(33)40-23-4-5-25-21(16-31(35)36-3)18-38-30(25)17-23/h4-6,8,14-15,17,21-22,29H,7,9-13,16,18H2,1-3H3/t21-,29-/m1/s1. The molecule has 0 radical (unpaired) electrons. The Morgan fingerprint density at radius 2 is 1.75 bits per heavy atom. The van der Waals surface area contributed by atoms with Gasteiger partial charge in [0.25, 0.3) is 0 Å². The number of hydrogen-bond acceptors (Lipinski definition) is 6. The topological polar surface area (TPSA) is 63.2 Å². The summed E-state index contributed by atoms with van der Waals surface area (Å²) in [7, 11) is 1.39. The molecule has 6 nitrogen and oxygen atoms in total. The van der Waals surface area contributed by atoms with Crippen molar-refractivity contribution in [1.82, 2.24) is 0 Å². The molecule has 7 heteroatoms. The van der Waals surface area contributed by atoms with E-state index in [4.69, 9.17) is 23.7 Å². The summed E-state index contributed by atoms with van der Waals surface area (Å²) in [5.41, 5.74) is 6.99. The third-order valence-electron chi connectivity index (χ3n) is 8.31. The summed E-state index contributed by atoms with van der Waals surface area (Å²) in [6.07, 6.45) is 3.28. The fourth-order valence-corrected chi connectivity index (χ4v) is 6.38. The Morgan fingerprint density at radius 1 is 0.975 bits per heavy atom. The number of carbonyl (C=O) groups excluding carboxylic acids is 1. The van der Waals surface area contributed by atoms with Gasteiger partial charge in [0.2, 0.25) is 0 Å². The van der Waals surface area contributed by atoms with Crippen molar-refractivity contribution in [2.75, 3.05) is 26.9 Å². The van der Waals surface area contributed by atoms with E-state index in [1.54, 1.807) is 6.07 Å². The number of halogens is 1. The predicted molar refractivity (Wildman–Crippen MR) is 149 cm³/mol. The summed E-state index contributed by atoms with van der Waals surface area (Å²) in [6, 6.07) is 13.3. The zero-order valence-electron chi connectivity index (χ0n) is 23.3. The molecule has 1 fully saturated rings. The van der Waals surface area contributed by atoms with Crippen LogP contribution in [0.15, 0.2) is 42.5 Å². The van der Waals surface area contributed by atoms with Crippen LogP contribution in [-0.2, 0) is 20.7 Å². The van der Waals surface area contributed by atoms with Gasteiger partial charge in [0, 0.05) is 36.0 Å². The molecular weight excluding hydrogens is 511 g/mol. The van der Waals surface area contributed by atoms with Crippen LogP contribution in [0.4, 0.5) is 4.39 Å². The highest BCUT2D eigenvalue weighted by Gasteiger charge is 2.32. The van der Waals surface area contributed by atoms with Crippen molar-refractivity contribution >= 4 is 5.97 Å². The average molecular weight is 547 g/mol. The minimum absolute atomic E-state index is 0.0383.